The molecule has 126 valence electrons. The number of thioether (sulfide) groups is 1. The molecular weight excluding hydrogens is 304 g/mol. The Morgan fingerprint density at radius 3 is 2.78 bits per heavy atom. The zero-order valence-corrected chi connectivity index (χ0v) is 15.1. The van der Waals surface area contributed by atoms with E-state index in [2.05, 4.69) is 25.1 Å². The van der Waals surface area contributed by atoms with Gasteiger partial charge in [-0.1, -0.05) is 74.2 Å². The van der Waals surface area contributed by atoms with Crippen LogP contribution >= 0.6 is 11.8 Å². The molecule has 0 aromatic heterocycles. The third kappa shape index (κ3) is 10.9. The minimum atomic E-state index is 0.126. The summed E-state index contributed by atoms with van der Waals surface area (Å²) in [6.07, 6.45) is 10.9. The van der Waals surface area contributed by atoms with E-state index in [9.17, 15) is 4.79 Å². The second-order valence-corrected chi connectivity index (χ2v) is 6.83. The normalized spacial score (nSPS) is 13.0. The molecule has 1 aromatic carbocycles. The fourth-order valence-corrected chi connectivity index (χ4v) is 2.59. The van der Waals surface area contributed by atoms with E-state index < -0.39 is 0 Å². The van der Waals surface area contributed by atoms with Gasteiger partial charge in [0.2, 0.25) is 5.12 Å². The summed E-state index contributed by atoms with van der Waals surface area (Å²) in [6, 6.07) is 10.3. The molecular formula is C20H28O2S. The van der Waals surface area contributed by atoms with Crippen molar-refractivity contribution in [2.75, 3.05) is 12.4 Å². The van der Waals surface area contributed by atoms with Gasteiger partial charge in [-0.2, -0.15) is 0 Å². The third-order valence-electron chi connectivity index (χ3n) is 3.40. The summed E-state index contributed by atoms with van der Waals surface area (Å²) in [5, 5.41) is 0.126. The smallest absolute Gasteiger partial charge is 0.212 e. The Morgan fingerprint density at radius 1 is 1.26 bits per heavy atom. The van der Waals surface area contributed by atoms with Crippen LogP contribution in [-0.2, 0) is 16.1 Å². The first kappa shape index (κ1) is 19.7. The minimum Gasteiger partial charge on any atom is -0.377 e. The van der Waals surface area contributed by atoms with Gasteiger partial charge in [-0.05, 0) is 42.6 Å². The van der Waals surface area contributed by atoms with Gasteiger partial charge in [0, 0.05) is 6.61 Å². The molecule has 0 saturated heterocycles. The quantitative estimate of drug-likeness (QED) is 0.308. The Balaban J connectivity index is 2.03. The molecule has 0 fully saturated rings. The fourth-order valence-electron chi connectivity index (χ4n) is 2.13. The molecule has 3 heteroatoms. The summed E-state index contributed by atoms with van der Waals surface area (Å²) in [5.41, 5.74) is 1.23. The van der Waals surface area contributed by atoms with E-state index >= 15 is 0 Å². The first-order valence-corrected chi connectivity index (χ1v) is 9.32. The van der Waals surface area contributed by atoms with E-state index in [-0.39, 0.29) is 5.12 Å². The van der Waals surface area contributed by atoms with Crippen LogP contribution < -0.4 is 0 Å². The van der Waals surface area contributed by atoms with Crippen LogP contribution in [0.15, 0.2) is 54.6 Å². The molecule has 0 radical (unpaired) electrons. The molecule has 0 spiro atoms. The van der Waals surface area contributed by atoms with Gasteiger partial charge in [0.1, 0.15) is 0 Å². The number of hydrogen-bond acceptors (Lipinski definition) is 3. The van der Waals surface area contributed by atoms with Gasteiger partial charge in [-0.25, -0.2) is 0 Å². The Morgan fingerprint density at radius 2 is 2.04 bits per heavy atom. The number of ether oxygens (including phenoxy) is 1. The van der Waals surface area contributed by atoms with Crippen LogP contribution in [0.3, 0.4) is 0 Å². The van der Waals surface area contributed by atoms with Crippen LogP contribution in [0.5, 0.6) is 0 Å². The highest BCUT2D eigenvalue weighted by Gasteiger charge is 2.00. The maximum absolute atomic E-state index is 11.3. The molecule has 0 amide bonds. The van der Waals surface area contributed by atoms with Gasteiger partial charge in [-0.15, -0.1) is 0 Å². The van der Waals surface area contributed by atoms with Crippen LogP contribution in [0, 0.1) is 5.92 Å². The Labute approximate surface area is 145 Å². The lowest BCUT2D eigenvalue weighted by molar-refractivity contribution is -0.107. The van der Waals surface area contributed by atoms with Gasteiger partial charge in [0.25, 0.3) is 0 Å². The molecule has 1 aromatic rings. The molecule has 2 nitrogen and oxygen atoms in total. The first-order chi connectivity index (χ1) is 11.2. The van der Waals surface area contributed by atoms with E-state index in [4.69, 9.17) is 4.74 Å². The zero-order chi connectivity index (χ0) is 16.8. The lowest BCUT2D eigenvalue weighted by Crippen LogP contribution is -1.99. The van der Waals surface area contributed by atoms with Crippen LogP contribution in [0.25, 0.3) is 0 Å². The molecule has 0 saturated carbocycles. The average molecular weight is 333 g/mol. The van der Waals surface area contributed by atoms with Crippen molar-refractivity contribution >= 4 is 16.9 Å². The van der Waals surface area contributed by atoms with Crippen LogP contribution in [0.4, 0.5) is 0 Å². The molecule has 0 aliphatic rings. The molecule has 0 N–H and O–H groups in total. The zero-order valence-electron chi connectivity index (χ0n) is 14.2. The van der Waals surface area contributed by atoms with Crippen LogP contribution in [0.1, 0.15) is 38.7 Å². The van der Waals surface area contributed by atoms with E-state index in [0.717, 1.165) is 31.6 Å². The van der Waals surface area contributed by atoms with E-state index in [1.165, 1.54) is 17.3 Å². The fraction of sp³-hybridized carbons (Fsp3) is 0.450. The van der Waals surface area contributed by atoms with Crippen LogP contribution in [-0.4, -0.2) is 17.5 Å². The van der Waals surface area contributed by atoms with Gasteiger partial charge < -0.3 is 4.74 Å². The lowest BCUT2D eigenvalue weighted by atomic mass is 10.0. The Kier molecular flexibility index (Phi) is 11.3. The second-order valence-electron chi connectivity index (χ2n) is 5.56. The summed E-state index contributed by atoms with van der Waals surface area (Å²) < 4.78 is 5.69. The number of rotatable bonds is 11. The van der Waals surface area contributed by atoms with Crippen molar-refractivity contribution in [3.05, 3.63) is 60.2 Å². The molecule has 0 unspecified atom stereocenters. The minimum absolute atomic E-state index is 0.126. The van der Waals surface area contributed by atoms with E-state index in [1.54, 1.807) is 6.08 Å². The SMILES string of the molecule is CCSC(=O)/C=C/C=C/C[C@H](C)CCCOCc1ccccc1. The highest BCUT2D eigenvalue weighted by atomic mass is 32.2. The summed E-state index contributed by atoms with van der Waals surface area (Å²) in [5.74, 6) is 1.47. The molecule has 1 rings (SSSR count). The average Bonchev–Trinajstić information content (AvgIpc) is 2.55. The van der Waals surface area contributed by atoms with E-state index in [1.807, 2.05) is 37.3 Å². The maximum atomic E-state index is 11.3. The molecule has 1 atom stereocenters. The lowest BCUT2D eigenvalue weighted by Gasteiger charge is -2.09. The topological polar surface area (TPSA) is 26.3 Å². The van der Waals surface area contributed by atoms with Gasteiger partial charge in [-0.3, -0.25) is 4.79 Å². The van der Waals surface area contributed by atoms with Crippen molar-refractivity contribution in [2.45, 2.75) is 39.7 Å². The largest absolute Gasteiger partial charge is 0.377 e. The predicted octanol–water partition coefficient (Wildman–Crippen LogP) is 5.40. The molecule has 0 aliphatic carbocycles. The maximum Gasteiger partial charge on any atom is 0.212 e. The van der Waals surface area contributed by atoms with Crippen molar-refractivity contribution in [3.63, 3.8) is 0 Å². The van der Waals surface area contributed by atoms with Crippen molar-refractivity contribution in [3.8, 4) is 0 Å². The van der Waals surface area contributed by atoms with Crippen LogP contribution in [0.2, 0.25) is 0 Å². The van der Waals surface area contributed by atoms with Crippen molar-refractivity contribution in [2.24, 2.45) is 5.92 Å². The number of allylic oxidation sites excluding steroid dienone is 3. The third-order valence-corrected chi connectivity index (χ3v) is 4.11. The van der Waals surface area contributed by atoms with Crippen molar-refractivity contribution < 1.29 is 9.53 Å². The van der Waals surface area contributed by atoms with Gasteiger partial charge in [0.05, 0.1) is 6.61 Å². The number of hydrogen-bond donors (Lipinski definition) is 0. The summed E-state index contributed by atoms with van der Waals surface area (Å²) in [4.78, 5) is 11.3. The molecule has 0 heterocycles. The van der Waals surface area contributed by atoms with Crippen molar-refractivity contribution in [1.29, 1.82) is 0 Å². The standard InChI is InChI=1S/C20H28O2S/c1-3-23-20(21)15-9-4-6-11-18(2)12-10-16-22-17-19-13-7-5-8-14-19/h4-9,13-15,18H,3,10-12,16-17H2,1-2H3/b6-4+,15-9+/t18-/m0/s1. The molecule has 0 aliphatic heterocycles. The summed E-state index contributed by atoms with van der Waals surface area (Å²) >= 11 is 1.34. The first-order valence-electron chi connectivity index (χ1n) is 8.34. The molecule has 23 heavy (non-hydrogen) atoms. The highest BCUT2D eigenvalue weighted by molar-refractivity contribution is 8.14. The van der Waals surface area contributed by atoms with Gasteiger partial charge in [0.15, 0.2) is 0 Å². The number of benzene rings is 1. The van der Waals surface area contributed by atoms with Crippen molar-refractivity contribution in [1.82, 2.24) is 0 Å². The number of carbonyl (C=O) groups excluding carboxylic acids is 1. The Hall–Kier alpha value is -1.32. The highest BCUT2D eigenvalue weighted by Crippen LogP contribution is 2.11. The number of carbonyl (C=O) groups is 1. The Bertz CT molecular complexity index is 480. The predicted molar refractivity (Wildman–Crippen MR) is 101 cm³/mol. The van der Waals surface area contributed by atoms with E-state index in [0.29, 0.717) is 12.5 Å². The monoisotopic (exact) mass is 332 g/mol. The molecule has 0 bridgehead atoms. The second kappa shape index (κ2) is 13.1. The van der Waals surface area contributed by atoms with Gasteiger partial charge >= 0.3 is 0 Å². The summed E-state index contributed by atoms with van der Waals surface area (Å²) in [6.45, 7) is 5.75. The summed E-state index contributed by atoms with van der Waals surface area (Å²) in [7, 11) is 0.